The third kappa shape index (κ3) is 8.45. The fourth-order valence-electron chi connectivity index (χ4n) is 9.44. The Morgan fingerprint density at radius 3 is 0.894 bits per heavy atom. The summed E-state index contributed by atoms with van der Waals surface area (Å²) in [5.41, 5.74) is 17.6. The lowest BCUT2D eigenvalue weighted by atomic mass is 9.96. The Morgan fingerprint density at radius 1 is 0.348 bits per heavy atom. The van der Waals surface area contributed by atoms with Crippen molar-refractivity contribution in [1.29, 1.82) is 0 Å². The van der Waals surface area contributed by atoms with Crippen LogP contribution in [0.4, 0.5) is 0 Å². The van der Waals surface area contributed by atoms with Crippen molar-refractivity contribution in [3.63, 3.8) is 0 Å². The molecule has 330 valence electrons. The van der Waals surface area contributed by atoms with Gasteiger partial charge in [0.1, 0.15) is 19.0 Å². The molecule has 66 heavy (non-hydrogen) atoms. The van der Waals surface area contributed by atoms with Gasteiger partial charge in [0, 0.05) is 55.8 Å². The second-order valence-corrected chi connectivity index (χ2v) is 17.5. The molecule has 0 unspecified atom stereocenters. The van der Waals surface area contributed by atoms with Crippen LogP contribution < -0.4 is 0 Å². The maximum atomic E-state index is 4.86. The Bertz CT molecular complexity index is 2890. The lowest BCUT2D eigenvalue weighted by Crippen LogP contribution is -2.06. The Hall–Kier alpha value is -7.86. The van der Waals surface area contributed by atoms with Crippen LogP contribution in [0.3, 0.4) is 0 Å². The maximum Gasteiger partial charge on any atom is 0.219 e. The van der Waals surface area contributed by atoms with Gasteiger partial charge in [-0.25, -0.2) is 29.9 Å². The number of hydrogen-bond donors (Lipinski definition) is 0. The minimum Gasteiger partial charge on any atom is -0.285 e. The summed E-state index contributed by atoms with van der Waals surface area (Å²) >= 11 is 0. The van der Waals surface area contributed by atoms with E-state index in [0.29, 0.717) is 0 Å². The predicted octanol–water partition coefficient (Wildman–Crippen LogP) is 10.0. The molecule has 4 aromatic carbocycles. The van der Waals surface area contributed by atoms with E-state index < -0.39 is 0 Å². The number of nitrogens with zero attached hydrogens (tertiary/aromatic N) is 12. The van der Waals surface area contributed by atoms with E-state index in [2.05, 4.69) is 147 Å². The molecule has 0 fully saturated rings. The molecule has 0 radical (unpaired) electrons. The molecule has 0 amide bonds. The van der Waals surface area contributed by atoms with E-state index in [1.54, 1.807) is 0 Å². The number of aromatic nitrogens is 12. The maximum absolute atomic E-state index is 4.86. The van der Waals surface area contributed by atoms with E-state index in [4.69, 9.17) is 29.9 Å². The molecule has 0 atom stereocenters. The van der Waals surface area contributed by atoms with Crippen LogP contribution in [0.15, 0.2) is 148 Å². The minimum absolute atomic E-state index is 0.800. The van der Waals surface area contributed by atoms with Crippen LogP contribution in [-0.4, -0.2) is 57.3 Å². The topological polar surface area (TPSA) is 107 Å². The zero-order valence-corrected chi connectivity index (χ0v) is 38.5. The smallest absolute Gasteiger partial charge is 0.219 e. The highest BCUT2D eigenvalue weighted by molar-refractivity contribution is 5.52. The number of aryl methyl sites for hydroxylation is 12. The molecule has 0 saturated carbocycles. The second-order valence-electron chi connectivity index (χ2n) is 17.5. The lowest BCUT2D eigenvalue weighted by molar-refractivity contribution is 0.868. The number of imidazole rings is 6. The van der Waals surface area contributed by atoms with Gasteiger partial charge < -0.3 is 0 Å². The van der Waals surface area contributed by atoms with Crippen LogP contribution in [0.2, 0.25) is 0 Å². The fraction of sp³-hybridized carbons (Fsp3) is 0.222. The van der Waals surface area contributed by atoms with E-state index >= 15 is 0 Å². The molecular formula is C54H54N12. The molecule has 10 aromatic rings. The summed E-state index contributed by atoms with van der Waals surface area (Å²) in [4.78, 5) is 28.8. The Kier molecular flexibility index (Phi) is 11.5. The molecule has 0 spiro atoms. The first kappa shape index (κ1) is 42.1. The van der Waals surface area contributed by atoms with Crippen LogP contribution in [-0.2, 0) is 38.5 Å². The molecule has 12 heteroatoms. The van der Waals surface area contributed by atoms with E-state index in [-0.39, 0.29) is 0 Å². The monoisotopic (exact) mass is 870 g/mol. The highest BCUT2D eigenvalue weighted by Crippen LogP contribution is 2.26. The van der Waals surface area contributed by atoms with Gasteiger partial charge in [0.2, 0.25) is 17.8 Å². The van der Waals surface area contributed by atoms with Crippen molar-refractivity contribution in [2.75, 3.05) is 0 Å². The number of benzene rings is 4. The van der Waals surface area contributed by atoms with Crippen molar-refractivity contribution in [2.24, 2.45) is 0 Å². The van der Waals surface area contributed by atoms with Crippen LogP contribution in [0.1, 0.15) is 67.2 Å². The van der Waals surface area contributed by atoms with Gasteiger partial charge in [-0.1, -0.05) is 72.8 Å². The quantitative estimate of drug-likeness (QED) is 0.102. The van der Waals surface area contributed by atoms with E-state index in [0.717, 1.165) is 90.5 Å². The van der Waals surface area contributed by atoms with Crippen molar-refractivity contribution in [1.82, 2.24) is 57.3 Å². The summed E-state index contributed by atoms with van der Waals surface area (Å²) in [7, 11) is 0. The molecular weight excluding hydrogens is 817 g/mol. The van der Waals surface area contributed by atoms with Gasteiger partial charge in [0.15, 0.2) is 0 Å². The normalized spacial score (nSPS) is 11.5. The van der Waals surface area contributed by atoms with Crippen LogP contribution in [0.5, 0.6) is 0 Å². The van der Waals surface area contributed by atoms with Gasteiger partial charge in [-0.2, -0.15) is 0 Å². The number of rotatable bonds is 15. The van der Waals surface area contributed by atoms with Gasteiger partial charge in [-0.3, -0.25) is 27.4 Å². The Labute approximate surface area is 385 Å². The molecule has 0 aliphatic heterocycles. The average Bonchev–Trinajstić information content (AvgIpc) is 4.16. The summed E-state index contributed by atoms with van der Waals surface area (Å²) in [6.45, 7) is 12.8. The van der Waals surface area contributed by atoms with Gasteiger partial charge in [-0.15, -0.1) is 0 Å². The zero-order chi connectivity index (χ0) is 45.3. The molecule has 0 aliphatic carbocycles. The third-order valence-corrected chi connectivity index (χ3v) is 12.6. The lowest BCUT2D eigenvalue weighted by Gasteiger charge is -2.13. The summed E-state index contributed by atoms with van der Waals surface area (Å²) in [6.07, 6.45) is 28.6. The minimum atomic E-state index is 0.800. The van der Waals surface area contributed by atoms with Crippen molar-refractivity contribution in [3.8, 4) is 34.9 Å². The highest BCUT2D eigenvalue weighted by atomic mass is 15.3. The molecule has 12 nitrogen and oxygen atoms in total. The molecule has 0 N–H and O–H groups in total. The van der Waals surface area contributed by atoms with Crippen molar-refractivity contribution >= 4 is 0 Å². The van der Waals surface area contributed by atoms with E-state index in [9.17, 15) is 0 Å². The largest absolute Gasteiger partial charge is 0.285 e. The van der Waals surface area contributed by atoms with Crippen LogP contribution >= 0.6 is 0 Å². The van der Waals surface area contributed by atoms with Gasteiger partial charge in [0.25, 0.3) is 0 Å². The molecule has 0 bridgehead atoms. The summed E-state index contributed by atoms with van der Waals surface area (Å²) in [5, 5.41) is 0. The van der Waals surface area contributed by atoms with E-state index in [1.165, 1.54) is 50.1 Å². The van der Waals surface area contributed by atoms with Crippen molar-refractivity contribution < 1.29 is 0 Å². The Balaban J connectivity index is 0.884. The first-order chi connectivity index (χ1) is 32.2. The predicted molar refractivity (Wildman–Crippen MR) is 259 cm³/mol. The fourth-order valence-corrected chi connectivity index (χ4v) is 9.44. The zero-order valence-electron chi connectivity index (χ0n) is 38.5. The van der Waals surface area contributed by atoms with Crippen molar-refractivity contribution in [3.05, 3.63) is 215 Å². The molecule has 0 aliphatic rings. The number of para-hydroxylation sites is 3. The second kappa shape index (κ2) is 18.0. The summed E-state index contributed by atoms with van der Waals surface area (Å²) < 4.78 is 12.5. The van der Waals surface area contributed by atoms with Gasteiger partial charge in [0.05, 0.1) is 34.1 Å². The molecule has 6 heterocycles. The summed E-state index contributed by atoms with van der Waals surface area (Å²) in [5.74, 6) is 2.47. The van der Waals surface area contributed by atoms with Crippen molar-refractivity contribution in [2.45, 2.75) is 80.1 Å². The Morgan fingerprint density at radius 2 is 0.621 bits per heavy atom. The highest BCUT2D eigenvalue weighted by Gasteiger charge is 2.17. The van der Waals surface area contributed by atoms with Crippen LogP contribution in [0, 0.1) is 41.5 Å². The first-order valence-electron chi connectivity index (χ1n) is 22.7. The first-order valence-corrected chi connectivity index (χ1v) is 22.7. The SMILES string of the molecule is Cc1cccc(C)c1-n1ccnc1-n1cnc(CCc2cc(CCc3cn(-c4nccn4-c4c(C)cccc4C)cn3)cc(CCc3cn(-c4nccn4-c4c(C)cccc4C)cn3)c2)c1. The summed E-state index contributed by atoms with van der Waals surface area (Å²) in [6, 6.07) is 26.2. The molecule has 6 aromatic heterocycles. The average molecular weight is 871 g/mol. The molecule has 10 rings (SSSR count). The van der Waals surface area contributed by atoms with Gasteiger partial charge in [-0.05, 0) is 130 Å². The standard InChI is InChI=1S/C54H54N12/c1-37-10-7-11-38(2)49(37)64-25-22-55-52(64)61-31-46(58-34-61)19-16-43-28-44(17-20-47-32-62(35-59-47)53-56-23-26-65(53)50-39(3)12-8-13-40(50)4)30-45(29-43)18-21-48-33-63(36-60-48)54-57-24-27-66(54)51-41(5)14-9-15-42(51)6/h7-15,22-36H,16-21H2,1-6H3. The van der Waals surface area contributed by atoms with Gasteiger partial charge >= 0.3 is 0 Å². The van der Waals surface area contributed by atoms with E-state index in [1.807, 2.05) is 69.9 Å². The molecule has 0 saturated heterocycles. The number of hydrogen-bond acceptors (Lipinski definition) is 6. The van der Waals surface area contributed by atoms with Crippen LogP contribution in [0.25, 0.3) is 34.9 Å². The third-order valence-electron chi connectivity index (χ3n) is 12.6.